The highest BCUT2D eigenvalue weighted by molar-refractivity contribution is 5.84. The number of carbonyl (C=O) groups excluding carboxylic acids is 1. The zero-order valence-corrected chi connectivity index (χ0v) is 12.1. The van der Waals surface area contributed by atoms with E-state index in [0.717, 1.165) is 0 Å². The van der Waals surface area contributed by atoms with Crippen LogP contribution in [0.1, 0.15) is 54.4 Å². The summed E-state index contributed by atoms with van der Waals surface area (Å²) in [6, 6.07) is 0. The van der Waals surface area contributed by atoms with Crippen molar-refractivity contribution in [2.24, 2.45) is 11.1 Å². The SMILES string of the molecule is CCC(CC)(CO)NC(=O)C(C)(C)C(C)(C)N. The van der Waals surface area contributed by atoms with Gasteiger partial charge in [0.25, 0.3) is 0 Å². The van der Waals surface area contributed by atoms with Gasteiger partial charge in [-0.25, -0.2) is 0 Å². The molecule has 0 atom stereocenters. The molecular formula is C13H28N2O2. The van der Waals surface area contributed by atoms with Crippen LogP contribution in [0.2, 0.25) is 0 Å². The molecule has 0 rings (SSSR count). The summed E-state index contributed by atoms with van der Waals surface area (Å²) in [5.41, 5.74) is 4.21. The molecule has 0 unspecified atom stereocenters. The minimum atomic E-state index is -0.683. The lowest BCUT2D eigenvalue weighted by atomic mass is 9.74. The van der Waals surface area contributed by atoms with Crippen LogP contribution in [0.3, 0.4) is 0 Å². The molecule has 102 valence electrons. The van der Waals surface area contributed by atoms with Crippen LogP contribution in [-0.4, -0.2) is 28.7 Å². The standard InChI is InChI=1S/C13H28N2O2/c1-7-13(8-2,9-16)15-10(17)11(3,4)12(5,6)14/h16H,7-9,14H2,1-6H3,(H,15,17). The van der Waals surface area contributed by atoms with E-state index in [0.29, 0.717) is 12.8 Å². The number of hydrogen-bond acceptors (Lipinski definition) is 3. The van der Waals surface area contributed by atoms with E-state index >= 15 is 0 Å². The van der Waals surface area contributed by atoms with Crippen molar-refractivity contribution < 1.29 is 9.90 Å². The topological polar surface area (TPSA) is 75.3 Å². The molecule has 17 heavy (non-hydrogen) atoms. The number of carbonyl (C=O) groups is 1. The summed E-state index contributed by atoms with van der Waals surface area (Å²) in [6.45, 7) is 11.2. The molecule has 0 aliphatic carbocycles. The molecule has 0 saturated carbocycles. The molecule has 0 aromatic carbocycles. The Morgan fingerprint density at radius 2 is 1.59 bits per heavy atom. The normalized spacial score (nSPS) is 13.6. The molecule has 0 aliphatic heterocycles. The van der Waals surface area contributed by atoms with E-state index < -0.39 is 16.5 Å². The fourth-order valence-electron chi connectivity index (χ4n) is 1.38. The highest BCUT2D eigenvalue weighted by Gasteiger charge is 2.42. The van der Waals surface area contributed by atoms with Crippen LogP contribution in [0, 0.1) is 5.41 Å². The first-order valence-corrected chi connectivity index (χ1v) is 6.28. The third-order valence-corrected chi connectivity index (χ3v) is 4.21. The maximum absolute atomic E-state index is 12.3. The molecular weight excluding hydrogens is 216 g/mol. The van der Waals surface area contributed by atoms with Crippen LogP contribution in [0.15, 0.2) is 0 Å². The largest absolute Gasteiger partial charge is 0.394 e. The third-order valence-electron chi connectivity index (χ3n) is 4.21. The van der Waals surface area contributed by atoms with Gasteiger partial charge in [-0.3, -0.25) is 4.79 Å². The van der Waals surface area contributed by atoms with Gasteiger partial charge in [-0.1, -0.05) is 13.8 Å². The maximum atomic E-state index is 12.3. The predicted octanol–water partition coefficient (Wildman–Crippen LogP) is 1.42. The second-order valence-electron chi connectivity index (χ2n) is 5.95. The molecule has 4 N–H and O–H groups in total. The van der Waals surface area contributed by atoms with E-state index in [2.05, 4.69) is 5.32 Å². The van der Waals surface area contributed by atoms with Crippen molar-refractivity contribution in [2.45, 2.75) is 65.5 Å². The second kappa shape index (κ2) is 5.36. The zero-order valence-electron chi connectivity index (χ0n) is 12.1. The molecule has 0 spiro atoms. The van der Waals surface area contributed by atoms with Crippen LogP contribution >= 0.6 is 0 Å². The van der Waals surface area contributed by atoms with Crippen molar-refractivity contribution >= 4 is 5.91 Å². The van der Waals surface area contributed by atoms with E-state index in [1.165, 1.54) is 0 Å². The Morgan fingerprint density at radius 3 is 1.82 bits per heavy atom. The number of amides is 1. The highest BCUT2D eigenvalue weighted by atomic mass is 16.3. The van der Waals surface area contributed by atoms with E-state index in [4.69, 9.17) is 5.73 Å². The number of hydrogen-bond donors (Lipinski definition) is 3. The fourth-order valence-corrected chi connectivity index (χ4v) is 1.38. The summed E-state index contributed by atoms with van der Waals surface area (Å²) >= 11 is 0. The average molecular weight is 244 g/mol. The Labute approximate surface area is 105 Å². The molecule has 0 radical (unpaired) electrons. The van der Waals surface area contributed by atoms with Crippen LogP contribution < -0.4 is 11.1 Å². The van der Waals surface area contributed by atoms with Crippen LogP contribution in [0.5, 0.6) is 0 Å². The number of rotatable bonds is 6. The zero-order chi connectivity index (χ0) is 13.9. The summed E-state index contributed by atoms with van der Waals surface area (Å²) in [5, 5.41) is 12.4. The van der Waals surface area contributed by atoms with Crippen LogP contribution in [0.25, 0.3) is 0 Å². The lowest BCUT2D eigenvalue weighted by molar-refractivity contribution is -0.135. The first-order chi connectivity index (χ1) is 7.56. The summed E-state index contributed by atoms with van der Waals surface area (Å²) in [6.07, 6.45) is 1.40. The molecule has 0 heterocycles. The average Bonchev–Trinajstić information content (AvgIpc) is 2.24. The van der Waals surface area contributed by atoms with Gasteiger partial charge >= 0.3 is 0 Å². The Morgan fingerprint density at radius 1 is 1.18 bits per heavy atom. The Bertz CT molecular complexity index is 255. The lowest BCUT2D eigenvalue weighted by Gasteiger charge is -2.41. The van der Waals surface area contributed by atoms with E-state index in [1.807, 2.05) is 41.5 Å². The number of nitrogens with one attached hydrogen (secondary N) is 1. The fraction of sp³-hybridized carbons (Fsp3) is 0.923. The summed E-state index contributed by atoms with van der Waals surface area (Å²) < 4.78 is 0. The summed E-state index contributed by atoms with van der Waals surface area (Å²) in [4.78, 5) is 12.3. The molecule has 0 aromatic heterocycles. The van der Waals surface area contributed by atoms with Gasteiger partial charge in [-0.2, -0.15) is 0 Å². The Hall–Kier alpha value is -0.610. The second-order valence-corrected chi connectivity index (χ2v) is 5.95. The first kappa shape index (κ1) is 16.4. The monoisotopic (exact) mass is 244 g/mol. The van der Waals surface area contributed by atoms with Gasteiger partial charge in [0.15, 0.2) is 0 Å². The van der Waals surface area contributed by atoms with Crippen molar-refractivity contribution in [1.29, 1.82) is 0 Å². The highest BCUT2D eigenvalue weighted by Crippen LogP contribution is 2.29. The van der Waals surface area contributed by atoms with E-state index in [-0.39, 0.29) is 12.5 Å². The van der Waals surface area contributed by atoms with Crippen molar-refractivity contribution in [1.82, 2.24) is 5.32 Å². The Kier molecular flexibility index (Phi) is 5.16. The minimum Gasteiger partial charge on any atom is -0.394 e. The lowest BCUT2D eigenvalue weighted by Crippen LogP contribution is -2.61. The number of aliphatic hydroxyl groups excluding tert-OH is 1. The molecule has 0 fully saturated rings. The van der Waals surface area contributed by atoms with Crippen LogP contribution in [-0.2, 0) is 4.79 Å². The molecule has 0 bridgehead atoms. The minimum absolute atomic E-state index is 0.0488. The molecule has 0 aromatic rings. The van der Waals surface area contributed by atoms with Gasteiger partial charge in [0.1, 0.15) is 0 Å². The van der Waals surface area contributed by atoms with Crippen molar-refractivity contribution in [3.63, 3.8) is 0 Å². The summed E-state index contributed by atoms with van der Waals surface area (Å²) in [5.74, 6) is -0.109. The molecule has 1 amide bonds. The quantitative estimate of drug-likeness (QED) is 0.661. The van der Waals surface area contributed by atoms with E-state index in [9.17, 15) is 9.90 Å². The molecule has 0 aliphatic rings. The van der Waals surface area contributed by atoms with Gasteiger partial charge in [0.05, 0.1) is 17.6 Å². The van der Waals surface area contributed by atoms with Crippen LogP contribution in [0.4, 0.5) is 0 Å². The van der Waals surface area contributed by atoms with Crippen molar-refractivity contribution in [3.8, 4) is 0 Å². The Balaban J connectivity index is 4.97. The third kappa shape index (κ3) is 3.42. The maximum Gasteiger partial charge on any atom is 0.228 e. The van der Waals surface area contributed by atoms with Crippen molar-refractivity contribution in [3.05, 3.63) is 0 Å². The predicted molar refractivity (Wildman–Crippen MR) is 70.6 cm³/mol. The van der Waals surface area contributed by atoms with Crippen molar-refractivity contribution in [2.75, 3.05) is 6.61 Å². The smallest absolute Gasteiger partial charge is 0.228 e. The first-order valence-electron chi connectivity index (χ1n) is 6.28. The number of aliphatic hydroxyl groups is 1. The van der Waals surface area contributed by atoms with E-state index in [1.54, 1.807) is 0 Å². The number of nitrogens with two attached hydrogens (primary N) is 1. The molecule has 4 nitrogen and oxygen atoms in total. The molecule has 4 heteroatoms. The van der Waals surface area contributed by atoms with Gasteiger partial charge in [-0.15, -0.1) is 0 Å². The van der Waals surface area contributed by atoms with Gasteiger partial charge in [0.2, 0.25) is 5.91 Å². The van der Waals surface area contributed by atoms with Gasteiger partial charge in [-0.05, 0) is 40.5 Å². The van der Waals surface area contributed by atoms with Gasteiger partial charge in [0, 0.05) is 5.54 Å². The molecule has 0 saturated heterocycles. The summed E-state index contributed by atoms with van der Waals surface area (Å²) in [7, 11) is 0. The van der Waals surface area contributed by atoms with Gasteiger partial charge < -0.3 is 16.2 Å².